The average molecular weight is 212 g/mol. The number of nitrogens with two attached hydrogens (primary N) is 1. The first kappa shape index (κ1) is 11.5. The van der Waals surface area contributed by atoms with Gasteiger partial charge in [-0.2, -0.15) is 0 Å². The first-order valence-electron chi connectivity index (χ1n) is 4.30. The van der Waals surface area contributed by atoms with Crippen LogP contribution in [0.1, 0.15) is 11.1 Å². The van der Waals surface area contributed by atoms with Crippen molar-refractivity contribution in [3.8, 4) is 5.75 Å². The minimum absolute atomic E-state index is 0.0117. The highest BCUT2D eigenvalue weighted by atomic mass is 19.1. The van der Waals surface area contributed by atoms with Crippen molar-refractivity contribution in [3.63, 3.8) is 0 Å². The molecular formula is C10H13FN2O2. The van der Waals surface area contributed by atoms with Crippen molar-refractivity contribution in [2.75, 3.05) is 14.2 Å². The molecule has 3 N–H and O–H groups in total. The molecule has 0 aliphatic heterocycles. The van der Waals surface area contributed by atoms with E-state index in [2.05, 4.69) is 0 Å². The van der Waals surface area contributed by atoms with Crippen molar-refractivity contribution in [2.24, 2.45) is 5.73 Å². The predicted molar refractivity (Wildman–Crippen MR) is 54.7 cm³/mol. The van der Waals surface area contributed by atoms with Gasteiger partial charge in [-0.05, 0) is 17.7 Å². The smallest absolute Gasteiger partial charge is 0.166 e. The Bertz CT molecular complexity index is 380. The highest BCUT2D eigenvalue weighted by molar-refractivity contribution is 5.97. The van der Waals surface area contributed by atoms with E-state index in [0.717, 1.165) is 0 Å². The summed E-state index contributed by atoms with van der Waals surface area (Å²) in [4.78, 5) is 0. The Hall–Kier alpha value is -1.62. The fourth-order valence-electron chi connectivity index (χ4n) is 1.31. The van der Waals surface area contributed by atoms with Gasteiger partial charge >= 0.3 is 0 Å². The summed E-state index contributed by atoms with van der Waals surface area (Å²) in [6, 6.07) is 2.88. The van der Waals surface area contributed by atoms with Gasteiger partial charge in [0.05, 0.1) is 19.3 Å². The molecule has 4 nitrogen and oxygen atoms in total. The van der Waals surface area contributed by atoms with Crippen LogP contribution in [0.2, 0.25) is 0 Å². The third kappa shape index (κ3) is 2.44. The van der Waals surface area contributed by atoms with Crippen molar-refractivity contribution in [1.82, 2.24) is 0 Å². The SMILES string of the molecule is COCc1cc(F)c(OC)c(C(=N)N)c1. The van der Waals surface area contributed by atoms with Crippen LogP contribution in [0.4, 0.5) is 4.39 Å². The number of nitrogens with one attached hydrogen (secondary N) is 1. The lowest BCUT2D eigenvalue weighted by atomic mass is 10.1. The summed E-state index contributed by atoms with van der Waals surface area (Å²) in [5.41, 5.74) is 6.17. The molecule has 0 radical (unpaired) electrons. The predicted octanol–water partition coefficient (Wildman–Crippen LogP) is 1.26. The Morgan fingerprint density at radius 2 is 2.13 bits per heavy atom. The summed E-state index contributed by atoms with van der Waals surface area (Å²) < 4.78 is 23.2. The van der Waals surface area contributed by atoms with Crippen LogP contribution in [0.3, 0.4) is 0 Å². The van der Waals surface area contributed by atoms with Crippen LogP contribution in [0, 0.1) is 11.2 Å². The highest BCUT2D eigenvalue weighted by Crippen LogP contribution is 2.24. The fraction of sp³-hybridized carbons (Fsp3) is 0.300. The van der Waals surface area contributed by atoms with E-state index >= 15 is 0 Å². The molecule has 0 spiro atoms. The molecule has 0 unspecified atom stereocenters. The lowest BCUT2D eigenvalue weighted by Gasteiger charge is -2.10. The van der Waals surface area contributed by atoms with E-state index < -0.39 is 5.82 Å². The van der Waals surface area contributed by atoms with Gasteiger partial charge in [0.1, 0.15) is 5.84 Å². The van der Waals surface area contributed by atoms with Gasteiger partial charge in [-0.25, -0.2) is 4.39 Å². The number of methoxy groups -OCH3 is 2. The zero-order valence-corrected chi connectivity index (χ0v) is 8.63. The fourth-order valence-corrected chi connectivity index (χ4v) is 1.31. The van der Waals surface area contributed by atoms with Crippen LogP contribution in [-0.2, 0) is 11.3 Å². The van der Waals surface area contributed by atoms with E-state index in [9.17, 15) is 4.39 Å². The number of hydrogen-bond acceptors (Lipinski definition) is 3. The molecule has 5 heteroatoms. The number of hydrogen-bond donors (Lipinski definition) is 2. The molecule has 0 fully saturated rings. The van der Waals surface area contributed by atoms with Gasteiger partial charge in [-0.3, -0.25) is 5.41 Å². The maximum absolute atomic E-state index is 13.5. The van der Waals surface area contributed by atoms with Crippen LogP contribution in [0.15, 0.2) is 12.1 Å². The zero-order valence-electron chi connectivity index (χ0n) is 8.63. The largest absolute Gasteiger partial charge is 0.493 e. The molecule has 0 saturated carbocycles. The Morgan fingerprint density at radius 1 is 1.47 bits per heavy atom. The van der Waals surface area contributed by atoms with Crippen LogP contribution < -0.4 is 10.5 Å². The van der Waals surface area contributed by atoms with E-state index in [4.69, 9.17) is 20.6 Å². The molecule has 0 atom stereocenters. The number of rotatable bonds is 4. The van der Waals surface area contributed by atoms with Crippen molar-refractivity contribution >= 4 is 5.84 Å². The topological polar surface area (TPSA) is 68.3 Å². The van der Waals surface area contributed by atoms with E-state index in [1.165, 1.54) is 20.3 Å². The monoisotopic (exact) mass is 212 g/mol. The Morgan fingerprint density at radius 3 is 2.60 bits per heavy atom. The lowest BCUT2D eigenvalue weighted by Crippen LogP contribution is -2.14. The van der Waals surface area contributed by atoms with E-state index in [1.54, 1.807) is 6.07 Å². The van der Waals surface area contributed by atoms with Gasteiger partial charge in [0.15, 0.2) is 11.6 Å². The van der Waals surface area contributed by atoms with Crippen molar-refractivity contribution in [1.29, 1.82) is 5.41 Å². The van der Waals surface area contributed by atoms with Crippen molar-refractivity contribution < 1.29 is 13.9 Å². The lowest BCUT2D eigenvalue weighted by molar-refractivity contribution is 0.184. The third-order valence-corrected chi connectivity index (χ3v) is 1.91. The molecule has 0 amide bonds. The van der Waals surface area contributed by atoms with Gasteiger partial charge in [0.2, 0.25) is 0 Å². The Kier molecular flexibility index (Phi) is 3.62. The number of ether oxygens (including phenoxy) is 2. The van der Waals surface area contributed by atoms with Gasteiger partial charge in [-0.15, -0.1) is 0 Å². The molecule has 82 valence electrons. The summed E-state index contributed by atoms with van der Waals surface area (Å²) >= 11 is 0. The van der Waals surface area contributed by atoms with E-state index in [0.29, 0.717) is 5.56 Å². The number of amidine groups is 1. The first-order chi connectivity index (χ1) is 7.10. The quantitative estimate of drug-likeness (QED) is 0.583. The summed E-state index contributed by atoms with van der Waals surface area (Å²) in [7, 11) is 2.84. The maximum atomic E-state index is 13.5. The molecule has 0 aromatic heterocycles. The highest BCUT2D eigenvalue weighted by Gasteiger charge is 2.13. The summed E-state index contributed by atoms with van der Waals surface area (Å²) in [5, 5.41) is 7.30. The minimum Gasteiger partial charge on any atom is -0.493 e. The third-order valence-electron chi connectivity index (χ3n) is 1.91. The van der Waals surface area contributed by atoms with Gasteiger partial charge in [-0.1, -0.05) is 0 Å². The van der Waals surface area contributed by atoms with Gasteiger partial charge in [0.25, 0.3) is 0 Å². The number of benzene rings is 1. The molecule has 0 saturated heterocycles. The van der Waals surface area contributed by atoms with Crippen LogP contribution >= 0.6 is 0 Å². The molecule has 1 aromatic carbocycles. The summed E-state index contributed by atoms with van der Waals surface area (Å²) in [6.07, 6.45) is 0. The molecule has 0 heterocycles. The van der Waals surface area contributed by atoms with Gasteiger partial charge in [0, 0.05) is 7.11 Å². The van der Waals surface area contributed by atoms with Crippen molar-refractivity contribution in [2.45, 2.75) is 6.61 Å². The molecule has 0 bridgehead atoms. The first-order valence-corrected chi connectivity index (χ1v) is 4.30. The molecule has 1 aromatic rings. The zero-order chi connectivity index (χ0) is 11.4. The second-order valence-corrected chi connectivity index (χ2v) is 3.01. The van der Waals surface area contributed by atoms with Crippen LogP contribution in [-0.4, -0.2) is 20.1 Å². The van der Waals surface area contributed by atoms with Crippen LogP contribution in [0.25, 0.3) is 0 Å². The van der Waals surface area contributed by atoms with Crippen LogP contribution in [0.5, 0.6) is 5.75 Å². The maximum Gasteiger partial charge on any atom is 0.166 e. The molecule has 0 aliphatic carbocycles. The summed E-state index contributed by atoms with van der Waals surface area (Å²) in [5.74, 6) is -0.789. The average Bonchev–Trinajstić information content (AvgIpc) is 2.17. The number of halogens is 1. The summed E-state index contributed by atoms with van der Waals surface area (Å²) in [6.45, 7) is 0.265. The minimum atomic E-state index is -0.544. The van der Waals surface area contributed by atoms with Crippen molar-refractivity contribution in [3.05, 3.63) is 29.1 Å². The molecular weight excluding hydrogens is 199 g/mol. The Labute approximate surface area is 87.3 Å². The second-order valence-electron chi connectivity index (χ2n) is 3.01. The number of nitrogen functional groups attached to an aromatic ring is 1. The standard InChI is InChI=1S/C10H13FN2O2/c1-14-5-6-3-7(10(12)13)9(15-2)8(11)4-6/h3-4H,5H2,1-2H3,(H3,12,13). The second kappa shape index (κ2) is 4.75. The van der Waals surface area contributed by atoms with Gasteiger partial charge < -0.3 is 15.2 Å². The normalized spacial score (nSPS) is 10.1. The molecule has 1 rings (SSSR count). The molecule has 15 heavy (non-hydrogen) atoms. The van der Waals surface area contributed by atoms with E-state index in [1.807, 2.05) is 0 Å². The van der Waals surface area contributed by atoms with E-state index in [-0.39, 0.29) is 23.8 Å². The Balaban J connectivity index is 3.25. The molecule has 0 aliphatic rings.